The second-order valence-electron chi connectivity index (χ2n) is 5.31. The maximum atomic E-state index is 6.19. The van der Waals surface area contributed by atoms with Crippen molar-refractivity contribution >= 4 is 32.7 Å². The average molecular weight is 344 g/mol. The Labute approximate surface area is 132 Å². The number of benzene rings is 2. The zero-order chi connectivity index (χ0) is 15.0. The van der Waals surface area contributed by atoms with Gasteiger partial charge in [-0.3, -0.25) is 0 Å². The molecule has 3 rings (SSSR count). The molecule has 3 nitrogen and oxygen atoms in total. The maximum Gasteiger partial charge on any atom is 0.143 e. The minimum Gasteiger partial charge on any atom is -0.398 e. The van der Waals surface area contributed by atoms with E-state index < -0.39 is 0 Å². The fourth-order valence-electron chi connectivity index (χ4n) is 2.63. The molecule has 0 bridgehead atoms. The van der Waals surface area contributed by atoms with Gasteiger partial charge in [0.1, 0.15) is 5.82 Å². The normalized spacial score (nSPS) is 11.2. The van der Waals surface area contributed by atoms with Gasteiger partial charge in [0, 0.05) is 22.3 Å². The molecule has 2 N–H and O–H groups in total. The number of fused-ring (bicyclic) bond motifs is 1. The van der Waals surface area contributed by atoms with Crippen molar-refractivity contribution < 1.29 is 0 Å². The lowest BCUT2D eigenvalue weighted by Gasteiger charge is -2.10. The van der Waals surface area contributed by atoms with Gasteiger partial charge in [-0.05, 0) is 49.2 Å². The van der Waals surface area contributed by atoms with Gasteiger partial charge in [-0.1, -0.05) is 28.9 Å². The Morgan fingerprint density at radius 2 is 2.00 bits per heavy atom. The minimum atomic E-state index is 0.744. The molecule has 21 heavy (non-hydrogen) atoms. The lowest BCUT2D eigenvalue weighted by atomic mass is 10.1. The third-order valence-corrected chi connectivity index (χ3v) is 4.10. The maximum absolute atomic E-state index is 6.19. The summed E-state index contributed by atoms with van der Waals surface area (Å²) in [6.07, 6.45) is 1.06. The van der Waals surface area contributed by atoms with E-state index in [2.05, 4.69) is 52.5 Å². The number of rotatable bonds is 3. The van der Waals surface area contributed by atoms with Crippen LogP contribution >= 0.6 is 15.9 Å². The summed E-state index contributed by atoms with van der Waals surface area (Å²) in [5.41, 5.74) is 11.3. The Balaban J connectivity index is 2.27. The van der Waals surface area contributed by atoms with Crippen LogP contribution in [0.4, 0.5) is 5.69 Å². The highest BCUT2D eigenvalue weighted by atomic mass is 79.9. The molecular weight excluding hydrogens is 326 g/mol. The van der Waals surface area contributed by atoms with Crippen molar-refractivity contribution in [1.29, 1.82) is 0 Å². The second kappa shape index (κ2) is 5.53. The molecule has 2 aromatic carbocycles. The molecule has 0 aliphatic carbocycles. The Morgan fingerprint density at radius 1 is 1.19 bits per heavy atom. The Bertz CT molecular complexity index is 805. The van der Waals surface area contributed by atoms with Gasteiger partial charge in [0.15, 0.2) is 0 Å². The van der Waals surface area contributed by atoms with Crippen molar-refractivity contribution in [3.63, 3.8) is 0 Å². The second-order valence-corrected chi connectivity index (χ2v) is 6.23. The summed E-state index contributed by atoms with van der Waals surface area (Å²) < 4.78 is 3.24. The average Bonchev–Trinajstić information content (AvgIpc) is 2.77. The third kappa shape index (κ3) is 2.56. The van der Waals surface area contributed by atoms with Crippen LogP contribution in [0.5, 0.6) is 0 Å². The topological polar surface area (TPSA) is 43.8 Å². The van der Waals surface area contributed by atoms with Gasteiger partial charge in [-0.15, -0.1) is 0 Å². The number of nitrogens with two attached hydrogens (primary N) is 1. The van der Waals surface area contributed by atoms with Crippen LogP contribution in [0.2, 0.25) is 0 Å². The van der Waals surface area contributed by atoms with Crippen LogP contribution in [0.3, 0.4) is 0 Å². The molecule has 0 saturated carbocycles. The van der Waals surface area contributed by atoms with Gasteiger partial charge in [0.2, 0.25) is 0 Å². The van der Waals surface area contributed by atoms with E-state index >= 15 is 0 Å². The van der Waals surface area contributed by atoms with E-state index in [9.17, 15) is 0 Å². The fraction of sp³-hybridized carbons (Fsp3) is 0.235. The van der Waals surface area contributed by atoms with Crippen molar-refractivity contribution in [2.75, 3.05) is 5.73 Å². The summed E-state index contributed by atoms with van der Waals surface area (Å²) in [4.78, 5) is 4.82. The van der Waals surface area contributed by atoms with Crippen molar-refractivity contribution in [3.8, 4) is 11.4 Å². The highest BCUT2D eigenvalue weighted by Gasteiger charge is 2.14. The molecule has 4 heteroatoms. The molecule has 108 valence electrons. The molecule has 0 amide bonds. The smallest absolute Gasteiger partial charge is 0.143 e. The largest absolute Gasteiger partial charge is 0.398 e. The number of anilines is 1. The van der Waals surface area contributed by atoms with Crippen molar-refractivity contribution in [1.82, 2.24) is 9.55 Å². The summed E-state index contributed by atoms with van der Waals surface area (Å²) in [5, 5.41) is 0. The molecule has 3 aromatic rings. The SMILES string of the molecule is CCCn1c(-c2ccc(Br)cc2N)nc2cc(C)ccc21. The summed E-state index contributed by atoms with van der Waals surface area (Å²) in [6.45, 7) is 5.20. The molecule has 0 spiro atoms. The molecule has 0 unspecified atom stereocenters. The van der Waals surface area contributed by atoms with Crippen LogP contribution in [0.25, 0.3) is 22.4 Å². The van der Waals surface area contributed by atoms with Crippen LogP contribution < -0.4 is 5.73 Å². The molecular formula is C17H18BrN3. The highest BCUT2D eigenvalue weighted by Crippen LogP contribution is 2.31. The molecule has 0 aliphatic rings. The molecule has 0 aliphatic heterocycles. The standard InChI is InChI=1S/C17H18BrN3/c1-3-8-21-16-7-4-11(2)9-15(16)20-17(21)13-6-5-12(18)10-14(13)19/h4-7,9-10H,3,8,19H2,1-2H3. The summed E-state index contributed by atoms with van der Waals surface area (Å²) in [7, 11) is 0. The monoisotopic (exact) mass is 343 g/mol. The highest BCUT2D eigenvalue weighted by molar-refractivity contribution is 9.10. The van der Waals surface area contributed by atoms with E-state index in [1.165, 1.54) is 11.1 Å². The van der Waals surface area contributed by atoms with Gasteiger partial charge in [-0.25, -0.2) is 4.98 Å². The Kier molecular flexibility index (Phi) is 3.72. The summed E-state index contributed by atoms with van der Waals surface area (Å²) in [5.74, 6) is 0.947. The Hall–Kier alpha value is -1.81. The van der Waals surface area contributed by atoms with Gasteiger partial charge in [0.05, 0.1) is 11.0 Å². The zero-order valence-electron chi connectivity index (χ0n) is 12.2. The molecule has 0 fully saturated rings. The van der Waals surface area contributed by atoms with Crippen molar-refractivity contribution in [2.45, 2.75) is 26.8 Å². The third-order valence-electron chi connectivity index (χ3n) is 3.61. The van der Waals surface area contributed by atoms with Crippen LogP contribution in [-0.2, 0) is 6.54 Å². The van der Waals surface area contributed by atoms with Crippen LogP contribution in [0.15, 0.2) is 40.9 Å². The van der Waals surface area contributed by atoms with Crippen LogP contribution in [0.1, 0.15) is 18.9 Å². The summed E-state index contributed by atoms with van der Waals surface area (Å²) >= 11 is 3.46. The van der Waals surface area contributed by atoms with Crippen molar-refractivity contribution in [3.05, 3.63) is 46.4 Å². The first-order valence-corrected chi connectivity index (χ1v) is 7.91. The first-order chi connectivity index (χ1) is 10.1. The predicted molar refractivity (Wildman–Crippen MR) is 92.3 cm³/mol. The minimum absolute atomic E-state index is 0.744. The van der Waals surface area contributed by atoms with E-state index in [1.807, 2.05) is 18.2 Å². The van der Waals surface area contributed by atoms with Gasteiger partial charge in [-0.2, -0.15) is 0 Å². The van der Waals surface area contributed by atoms with Crippen molar-refractivity contribution in [2.24, 2.45) is 0 Å². The number of aromatic nitrogens is 2. The quantitative estimate of drug-likeness (QED) is 0.696. The number of nitrogen functional groups attached to an aromatic ring is 1. The molecule has 0 atom stereocenters. The van der Waals surface area contributed by atoms with Gasteiger partial charge in [0.25, 0.3) is 0 Å². The van der Waals surface area contributed by atoms with E-state index in [1.54, 1.807) is 0 Å². The van der Waals surface area contributed by atoms with E-state index in [4.69, 9.17) is 10.7 Å². The number of halogens is 1. The van der Waals surface area contributed by atoms with E-state index in [0.29, 0.717) is 0 Å². The summed E-state index contributed by atoms with van der Waals surface area (Å²) in [6, 6.07) is 12.4. The number of hydrogen-bond acceptors (Lipinski definition) is 2. The van der Waals surface area contributed by atoms with E-state index in [-0.39, 0.29) is 0 Å². The lowest BCUT2D eigenvalue weighted by Crippen LogP contribution is -2.01. The number of aryl methyl sites for hydroxylation is 2. The predicted octanol–water partition coefficient (Wildman–Crippen LogP) is 4.77. The number of hydrogen-bond donors (Lipinski definition) is 1. The van der Waals surface area contributed by atoms with Crippen LogP contribution in [-0.4, -0.2) is 9.55 Å². The van der Waals surface area contributed by atoms with Crippen LogP contribution in [0, 0.1) is 6.92 Å². The van der Waals surface area contributed by atoms with Gasteiger partial charge >= 0.3 is 0 Å². The number of imidazole rings is 1. The Morgan fingerprint density at radius 3 is 2.71 bits per heavy atom. The molecule has 1 heterocycles. The lowest BCUT2D eigenvalue weighted by molar-refractivity contribution is 0.704. The molecule has 0 saturated heterocycles. The zero-order valence-corrected chi connectivity index (χ0v) is 13.8. The molecule has 0 radical (unpaired) electrons. The first-order valence-electron chi connectivity index (χ1n) is 7.12. The van der Waals surface area contributed by atoms with E-state index in [0.717, 1.165) is 40.0 Å². The first kappa shape index (κ1) is 14.1. The van der Waals surface area contributed by atoms with Gasteiger partial charge < -0.3 is 10.3 Å². The molecule has 1 aromatic heterocycles. The fourth-order valence-corrected chi connectivity index (χ4v) is 3.01. The number of nitrogens with zero attached hydrogens (tertiary/aromatic N) is 2.